The minimum Gasteiger partial charge on any atom is -0.507 e. The van der Waals surface area contributed by atoms with E-state index in [9.17, 15) is 5.11 Å². The Kier molecular flexibility index (Phi) is 5.65. The van der Waals surface area contributed by atoms with Gasteiger partial charge in [0.2, 0.25) is 0 Å². The lowest BCUT2D eigenvalue weighted by molar-refractivity contribution is 0.478. The second-order valence-corrected chi connectivity index (χ2v) is 10.7. The van der Waals surface area contributed by atoms with Crippen molar-refractivity contribution < 1.29 is 5.11 Å². The molecule has 0 heterocycles. The number of benzene rings is 8. The van der Waals surface area contributed by atoms with E-state index >= 15 is 0 Å². The van der Waals surface area contributed by atoms with E-state index in [0.717, 1.165) is 49.7 Å². The molecule has 0 aliphatic heterocycles. The highest BCUT2D eigenvalue weighted by Crippen LogP contribution is 2.45. The quantitative estimate of drug-likeness (QED) is 0.226. The predicted octanol–water partition coefficient (Wildman–Crippen LogP) is 11.1. The Morgan fingerprint density at radius 3 is 1.86 bits per heavy atom. The zero-order valence-corrected chi connectivity index (χ0v) is 22.9. The fourth-order valence-electron chi connectivity index (χ4n) is 6.40. The lowest BCUT2D eigenvalue weighted by atomic mass is 9.92. The Bertz CT molecular complexity index is 2260. The van der Waals surface area contributed by atoms with Crippen LogP contribution in [-0.2, 0) is 0 Å². The van der Waals surface area contributed by atoms with Crippen molar-refractivity contribution >= 4 is 60.2 Å². The van der Waals surface area contributed by atoms with Crippen molar-refractivity contribution in [1.82, 2.24) is 0 Å². The van der Waals surface area contributed by atoms with E-state index in [4.69, 9.17) is 0 Å². The smallest absolute Gasteiger partial charge is 0.124 e. The van der Waals surface area contributed by atoms with E-state index in [-0.39, 0.29) is 5.75 Å². The molecule has 8 rings (SSSR count). The molecule has 0 atom stereocenters. The Hall–Kier alpha value is -5.60. The highest BCUT2D eigenvalue weighted by molar-refractivity contribution is 6.15. The predicted molar refractivity (Wildman–Crippen MR) is 178 cm³/mol. The van der Waals surface area contributed by atoms with Gasteiger partial charge >= 0.3 is 0 Å². The molecule has 0 bridgehead atoms. The second-order valence-electron chi connectivity index (χ2n) is 10.7. The van der Waals surface area contributed by atoms with Gasteiger partial charge in [0.15, 0.2) is 0 Å². The third-order valence-corrected chi connectivity index (χ3v) is 8.30. The van der Waals surface area contributed by atoms with Crippen LogP contribution >= 0.6 is 0 Å². The lowest BCUT2D eigenvalue weighted by Gasteiger charge is -2.28. The van der Waals surface area contributed by atoms with Gasteiger partial charge in [-0.05, 0) is 79.7 Å². The molecule has 0 saturated heterocycles. The Morgan fingerprint density at radius 2 is 1.02 bits per heavy atom. The van der Waals surface area contributed by atoms with E-state index in [2.05, 4.69) is 150 Å². The Labute approximate surface area is 244 Å². The molecule has 0 unspecified atom stereocenters. The van der Waals surface area contributed by atoms with Crippen LogP contribution in [0.4, 0.5) is 17.1 Å². The molecule has 0 fully saturated rings. The molecular weight excluding hydrogens is 510 g/mol. The van der Waals surface area contributed by atoms with Crippen molar-refractivity contribution in [2.75, 3.05) is 4.90 Å². The van der Waals surface area contributed by atoms with Crippen molar-refractivity contribution in [2.45, 2.75) is 0 Å². The molecular formula is C40H27NO. The highest BCUT2D eigenvalue weighted by Gasteiger charge is 2.19. The summed E-state index contributed by atoms with van der Waals surface area (Å²) >= 11 is 0. The molecule has 0 amide bonds. The summed E-state index contributed by atoms with van der Waals surface area (Å²) < 4.78 is 0. The molecule has 2 nitrogen and oxygen atoms in total. The first-order valence-electron chi connectivity index (χ1n) is 14.3. The summed E-state index contributed by atoms with van der Waals surface area (Å²) in [5.74, 6) is 0.284. The molecule has 0 aliphatic rings. The third-order valence-electron chi connectivity index (χ3n) is 8.30. The van der Waals surface area contributed by atoms with Gasteiger partial charge in [-0.25, -0.2) is 0 Å². The molecule has 2 heteroatoms. The molecule has 198 valence electrons. The average molecular weight is 538 g/mol. The molecule has 1 N–H and O–H groups in total. The van der Waals surface area contributed by atoms with Crippen LogP contribution in [0.2, 0.25) is 0 Å². The topological polar surface area (TPSA) is 23.5 Å². The van der Waals surface area contributed by atoms with Crippen LogP contribution in [0, 0.1) is 0 Å². The SMILES string of the molecule is Oc1ccc2cc(N(c3ccccc3)c3cc4ccccc4c4ccccc34)ccc2c1-c1cccc2ccccc12. The molecule has 0 saturated carbocycles. The normalized spacial score (nSPS) is 11.4. The van der Waals surface area contributed by atoms with Crippen LogP contribution in [-0.4, -0.2) is 5.11 Å². The van der Waals surface area contributed by atoms with Crippen LogP contribution in [0.15, 0.2) is 158 Å². The summed E-state index contributed by atoms with van der Waals surface area (Å²) in [4.78, 5) is 2.35. The zero-order valence-electron chi connectivity index (χ0n) is 22.9. The van der Waals surface area contributed by atoms with Crippen LogP contribution < -0.4 is 4.90 Å². The number of hydrogen-bond acceptors (Lipinski definition) is 2. The number of fused-ring (bicyclic) bond motifs is 5. The minimum absolute atomic E-state index is 0.284. The fraction of sp³-hybridized carbons (Fsp3) is 0. The fourth-order valence-corrected chi connectivity index (χ4v) is 6.40. The molecule has 8 aromatic rings. The van der Waals surface area contributed by atoms with Crippen LogP contribution in [0.3, 0.4) is 0 Å². The van der Waals surface area contributed by atoms with E-state index < -0.39 is 0 Å². The maximum atomic E-state index is 11.2. The number of phenols is 1. The van der Waals surface area contributed by atoms with E-state index in [1.807, 2.05) is 12.1 Å². The molecule has 42 heavy (non-hydrogen) atoms. The minimum atomic E-state index is 0.284. The van der Waals surface area contributed by atoms with Gasteiger partial charge in [0.05, 0.1) is 5.69 Å². The first-order chi connectivity index (χ1) is 20.8. The number of anilines is 3. The summed E-state index contributed by atoms with van der Waals surface area (Å²) in [6, 6.07) is 55.1. The third kappa shape index (κ3) is 3.88. The van der Waals surface area contributed by atoms with Gasteiger partial charge in [0.25, 0.3) is 0 Å². The number of phenolic OH excluding ortho intramolecular Hbond substituents is 1. The largest absolute Gasteiger partial charge is 0.507 e. The monoisotopic (exact) mass is 537 g/mol. The Balaban J connectivity index is 1.39. The molecule has 8 aromatic carbocycles. The number of nitrogens with zero attached hydrogens (tertiary/aromatic N) is 1. The first kappa shape index (κ1) is 24.2. The average Bonchev–Trinajstić information content (AvgIpc) is 3.05. The number of para-hydroxylation sites is 1. The van der Waals surface area contributed by atoms with E-state index in [0.29, 0.717) is 0 Å². The van der Waals surface area contributed by atoms with Gasteiger partial charge in [0, 0.05) is 22.3 Å². The molecule has 0 aliphatic carbocycles. The van der Waals surface area contributed by atoms with Gasteiger partial charge in [-0.2, -0.15) is 0 Å². The molecule has 0 aromatic heterocycles. The Morgan fingerprint density at radius 1 is 0.381 bits per heavy atom. The standard InChI is InChI=1S/C40H27NO/c42-39-24-21-29-25-31(22-23-34(29)40(39)37-20-10-13-27-11-4-6-16-32(27)37)41(30-14-2-1-3-15-30)38-26-28-12-5-7-17-33(28)35-18-8-9-19-36(35)38/h1-26,42H. The molecule has 0 spiro atoms. The number of aromatic hydroxyl groups is 1. The summed E-state index contributed by atoms with van der Waals surface area (Å²) in [5.41, 5.74) is 5.17. The van der Waals surface area contributed by atoms with Crippen LogP contribution in [0.1, 0.15) is 0 Å². The zero-order chi connectivity index (χ0) is 28.0. The van der Waals surface area contributed by atoms with Gasteiger partial charge in [-0.15, -0.1) is 0 Å². The van der Waals surface area contributed by atoms with Crippen LogP contribution in [0.5, 0.6) is 5.75 Å². The summed E-state index contributed by atoms with van der Waals surface area (Å²) in [7, 11) is 0. The lowest BCUT2D eigenvalue weighted by Crippen LogP contribution is -2.10. The van der Waals surface area contributed by atoms with Crippen molar-refractivity contribution in [3.63, 3.8) is 0 Å². The van der Waals surface area contributed by atoms with Gasteiger partial charge in [0.1, 0.15) is 5.75 Å². The highest BCUT2D eigenvalue weighted by atomic mass is 16.3. The first-order valence-corrected chi connectivity index (χ1v) is 14.3. The number of hydrogen-bond donors (Lipinski definition) is 1. The van der Waals surface area contributed by atoms with Crippen molar-refractivity contribution in [2.24, 2.45) is 0 Å². The second kappa shape index (κ2) is 9.79. The van der Waals surface area contributed by atoms with Gasteiger partial charge < -0.3 is 10.0 Å². The van der Waals surface area contributed by atoms with Crippen LogP contribution in [0.25, 0.3) is 54.2 Å². The number of rotatable bonds is 4. The van der Waals surface area contributed by atoms with Crippen molar-refractivity contribution in [3.8, 4) is 16.9 Å². The summed E-state index contributed by atoms with van der Waals surface area (Å²) in [6.45, 7) is 0. The van der Waals surface area contributed by atoms with Crippen molar-refractivity contribution in [1.29, 1.82) is 0 Å². The summed E-state index contributed by atoms with van der Waals surface area (Å²) in [5, 5.41) is 20.4. The summed E-state index contributed by atoms with van der Waals surface area (Å²) in [6.07, 6.45) is 0. The van der Waals surface area contributed by atoms with E-state index in [1.54, 1.807) is 0 Å². The maximum Gasteiger partial charge on any atom is 0.124 e. The van der Waals surface area contributed by atoms with Gasteiger partial charge in [-0.1, -0.05) is 121 Å². The maximum absolute atomic E-state index is 11.2. The van der Waals surface area contributed by atoms with E-state index in [1.165, 1.54) is 21.5 Å². The van der Waals surface area contributed by atoms with Gasteiger partial charge in [-0.3, -0.25) is 0 Å². The molecule has 0 radical (unpaired) electrons. The van der Waals surface area contributed by atoms with Crippen molar-refractivity contribution in [3.05, 3.63) is 158 Å².